The Bertz CT molecular complexity index is 483. The zero-order valence-corrected chi connectivity index (χ0v) is 13.3. The fourth-order valence-electron chi connectivity index (χ4n) is 2.26. The van der Waals surface area contributed by atoms with E-state index in [9.17, 15) is 18.3 Å². The molecular weight excluding hydrogens is 374 g/mol. The molecule has 3 nitrogen and oxygen atoms in total. The van der Waals surface area contributed by atoms with E-state index in [1.807, 2.05) is 0 Å². The number of hydrogen-bond donors (Lipinski definition) is 2. The maximum atomic E-state index is 12.4. The Kier molecular flexibility index (Phi) is 6.34. The largest absolute Gasteiger partial charge is 0.573 e. The van der Waals surface area contributed by atoms with Crippen LogP contribution in [0.15, 0.2) is 22.7 Å². The van der Waals surface area contributed by atoms with Gasteiger partial charge >= 0.3 is 6.36 Å². The summed E-state index contributed by atoms with van der Waals surface area (Å²) >= 11 is 3.19. The molecule has 1 aliphatic rings. The van der Waals surface area contributed by atoms with E-state index in [-0.39, 0.29) is 29.6 Å². The van der Waals surface area contributed by atoms with Crippen LogP contribution < -0.4 is 10.5 Å². The van der Waals surface area contributed by atoms with Crippen LogP contribution in [0, 0.1) is 5.92 Å². The molecule has 3 N–H and O–H groups in total. The molecule has 0 spiro atoms. The second-order valence-corrected chi connectivity index (χ2v) is 5.85. The van der Waals surface area contributed by atoms with Crippen molar-refractivity contribution in [3.63, 3.8) is 0 Å². The van der Waals surface area contributed by atoms with Crippen molar-refractivity contribution >= 4 is 28.3 Å². The molecule has 2 rings (SSSR count). The van der Waals surface area contributed by atoms with Gasteiger partial charge in [-0.3, -0.25) is 0 Å². The second kappa shape index (κ2) is 7.17. The summed E-state index contributed by atoms with van der Waals surface area (Å²) in [6.07, 6.45) is -2.95. The third-order valence-electron chi connectivity index (χ3n) is 3.56. The fraction of sp³-hybridized carbons (Fsp3) is 0.538. The van der Waals surface area contributed by atoms with Gasteiger partial charge in [-0.2, -0.15) is 0 Å². The molecule has 8 heteroatoms. The molecule has 0 heterocycles. The van der Waals surface area contributed by atoms with Crippen molar-refractivity contribution in [3.8, 4) is 5.75 Å². The summed E-state index contributed by atoms with van der Waals surface area (Å²) in [5.74, 6) is -0.325. The number of hydrogen-bond acceptors (Lipinski definition) is 3. The van der Waals surface area contributed by atoms with E-state index in [4.69, 9.17) is 5.73 Å². The summed E-state index contributed by atoms with van der Waals surface area (Å²) in [7, 11) is 0. The Balaban J connectivity index is 0.00000220. The number of benzene rings is 1. The summed E-state index contributed by atoms with van der Waals surface area (Å²) < 4.78 is 41.7. The van der Waals surface area contributed by atoms with Gasteiger partial charge in [0.1, 0.15) is 5.75 Å². The fourth-order valence-corrected chi connectivity index (χ4v) is 2.63. The van der Waals surface area contributed by atoms with Crippen LogP contribution in [0.5, 0.6) is 5.75 Å². The lowest BCUT2D eigenvalue weighted by Gasteiger charge is -2.34. The quantitative estimate of drug-likeness (QED) is 0.819. The molecule has 1 fully saturated rings. The summed E-state index contributed by atoms with van der Waals surface area (Å²) in [4.78, 5) is 0. The molecule has 2 atom stereocenters. The average molecular weight is 391 g/mol. The van der Waals surface area contributed by atoms with Gasteiger partial charge in [0.15, 0.2) is 0 Å². The standard InChI is InChI=1S/C13H15BrF3NO2.ClH/c14-8-4-5-10(20-13(15,16)17)9(6-8)11(18)12(19)7-2-1-3-7;/h4-7,11-12,19H,1-3,18H2;1H/t11-,12+;/m0./s1. The molecule has 1 aromatic rings. The summed E-state index contributed by atoms with van der Waals surface area (Å²) in [6, 6.07) is 3.18. The highest BCUT2D eigenvalue weighted by atomic mass is 79.9. The lowest BCUT2D eigenvalue weighted by Crippen LogP contribution is -2.37. The zero-order chi connectivity index (χ0) is 14.9. The first kappa shape index (κ1) is 18.5. The minimum absolute atomic E-state index is 0. The van der Waals surface area contributed by atoms with Crippen LogP contribution in [0.1, 0.15) is 30.9 Å². The molecule has 1 aliphatic carbocycles. The Morgan fingerprint density at radius 3 is 2.43 bits per heavy atom. The van der Waals surface area contributed by atoms with Crippen LogP contribution in [0.2, 0.25) is 0 Å². The van der Waals surface area contributed by atoms with Crippen molar-refractivity contribution in [2.24, 2.45) is 11.7 Å². The van der Waals surface area contributed by atoms with Gasteiger partial charge in [0.05, 0.1) is 12.1 Å². The van der Waals surface area contributed by atoms with Crippen LogP contribution in [0.3, 0.4) is 0 Å². The van der Waals surface area contributed by atoms with Gasteiger partial charge in [0.25, 0.3) is 0 Å². The van der Waals surface area contributed by atoms with E-state index in [1.54, 1.807) is 0 Å². The third-order valence-corrected chi connectivity index (χ3v) is 4.05. The molecular formula is C13H16BrClF3NO2. The number of aliphatic hydroxyl groups is 1. The van der Waals surface area contributed by atoms with Crippen molar-refractivity contribution < 1.29 is 23.0 Å². The van der Waals surface area contributed by atoms with Crippen LogP contribution in [-0.4, -0.2) is 17.6 Å². The molecule has 0 bridgehead atoms. The highest BCUT2D eigenvalue weighted by Crippen LogP contribution is 2.38. The lowest BCUT2D eigenvalue weighted by atomic mass is 9.77. The van der Waals surface area contributed by atoms with Gasteiger partial charge in [-0.1, -0.05) is 22.4 Å². The summed E-state index contributed by atoms with van der Waals surface area (Å²) in [6.45, 7) is 0. The molecule has 0 unspecified atom stereocenters. The van der Waals surface area contributed by atoms with Gasteiger partial charge in [0, 0.05) is 10.0 Å². The Hall–Kier alpha value is -0.500. The van der Waals surface area contributed by atoms with Crippen molar-refractivity contribution in [3.05, 3.63) is 28.2 Å². The second-order valence-electron chi connectivity index (χ2n) is 4.94. The van der Waals surface area contributed by atoms with Crippen molar-refractivity contribution in [2.75, 3.05) is 0 Å². The smallest absolute Gasteiger partial charge is 0.405 e. The third kappa shape index (κ3) is 4.74. The minimum Gasteiger partial charge on any atom is -0.405 e. The van der Waals surface area contributed by atoms with Crippen LogP contribution in [-0.2, 0) is 0 Å². The maximum Gasteiger partial charge on any atom is 0.573 e. The number of ether oxygens (including phenoxy) is 1. The van der Waals surface area contributed by atoms with E-state index in [0.717, 1.165) is 19.3 Å². The van der Waals surface area contributed by atoms with Crippen molar-refractivity contribution in [1.29, 1.82) is 0 Å². The molecule has 0 amide bonds. The molecule has 0 aliphatic heterocycles. The number of halogens is 5. The van der Waals surface area contributed by atoms with Crippen molar-refractivity contribution in [1.82, 2.24) is 0 Å². The summed E-state index contributed by atoms with van der Waals surface area (Å²) in [5, 5.41) is 10.1. The monoisotopic (exact) mass is 389 g/mol. The van der Waals surface area contributed by atoms with Crippen LogP contribution in [0.4, 0.5) is 13.2 Å². The number of aliphatic hydroxyl groups excluding tert-OH is 1. The summed E-state index contributed by atoms with van der Waals surface area (Å²) in [5.41, 5.74) is 6.07. The van der Waals surface area contributed by atoms with Gasteiger partial charge < -0.3 is 15.6 Å². The predicted octanol–water partition coefficient (Wildman–Crippen LogP) is 3.93. The number of nitrogens with two attached hydrogens (primary N) is 1. The van der Waals surface area contributed by atoms with E-state index >= 15 is 0 Å². The maximum absolute atomic E-state index is 12.4. The van der Waals surface area contributed by atoms with Crippen LogP contribution in [0.25, 0.3) is 0 Å². The molecule has 1 saturated carbocycles. The highest BCUT2D eigenvalue weighted by molar-refractivity contribution is 9.10. The predicted molar refractivity (Wildman–Crippen MR) is 78.3 cm³/mol. The van der Waals surface area contributed by atoms with E-state index in [2.05, 4.69) is 20.7 Å². The molecule has 1 aromatic carbocycles. The highest BCUT2D eigenvalue weighted by Gasteiger charge is 2.36. The van der Waals surface area contributed by atoms with Crippen LogP contribution >= 0.6 is 28.3 Å². The molecule has 21 heavy (non-hydrogen) atoms. The van der Waals surface area contributed by atoms with E-state index < -0.39 is 18.5 Å². The first-order chi connectivity index (χ1) is 9.28. The molecule has 0 radical (unpaired) electrons. The van der Waals surface area contributed by atoms with Crippen molar-refractivity contribution in [2.45, 2.75) is 37.8 Å². The van der Waals surface area contributed by atoms with Gasteiger partial charge in [0.2, 0.25) is 0 Å². The average Bonchev–Trinajstić information content (AvgIpc) is 2.26. The first-order valence-electron chi connectivity index (χ1n) is 6.27. The lowest BCUT2D eigenvalue weighted by molar-refractivity contribution is -0.275. The zero-order valence-electron chi connectivity index (χ0n) is 10.9. The minimum atomic E-state index is -4.79. The Morgan fingerprint density at radius 1 is 1.33 bits per heavy atom. The van der Waals surface area contributed by atoms with Gasteiger partial charge in [-0.15, -0.1) is 25.6 Å². The molecule has 120 valence electrons. The van der Waals surface area contributed by atoms with Gasteiger partial charge in [-0.25, -0.2) is 0 Å². The number of alkyl halides is 3. The normalized spacial score (nSPS) is 18.4. The number of rotatable bonds is 4. The van der Waals surface area contributed by atoms with Gasteiger partial charge in [-0.05, 0) is 37.0 Å². The molecule has 0 aromatic heterocycles. The SMILES string of the molecule is Cl.N[C@@H](c1cc(Br)ccc1OC(F)(F)F)[C@H](O)C1CCC1. The first-order valence-corrected chi connectivity index (χ1v) is 7.06. The topological polar surface area (TPSA) is 55.5 Å². The van der Waals surface area contributed by atoms with E-state index in [0.29, 0.717) is 4.47 Å². The van der Waals surface area contributed by atoms with E-state index in [1.165, 1.54) is 18.2 Å². The Labute approximate surface area is 135 Å². The molecule has 0 saturated heterocycles. The Morgan fingerprint density at radius 2 is 1.95 bits per heavy atom.